The molecule has 0 saturated heterocycles. The number of benzene rings is 2. The number of aromatic nitrogens is 4. The van der Waals surface area contributed by atoms with Crippen LogP contribution in [-0.2, 0) is 7.05 Å². The van der Waals surface area contributed by atoms with E-state index >= 15 is 0 Å². The zero-order valence-electron chi connectivity index (χ0n) is 25.8. The fourth-order valence-corrected chi connectivity index (χ4v) is 4.48. The van der Waals surface area contributed by atoms with E-state index in [0.717, 1.165) is 40.6 Å². The highest BCUT2D eigenvalue weighted by atomic mass is 19.3. The first kappa shape index (κ1) is 31.2. The average Bonchev–Trinajstić information content (AvgIpc) is 3.29. The molecule has 0 aliphatic carbocycles. The van der Waals surface area contributed by atoms with Gasteiger partial charge in [0.15, 0.2) is 0 Å². The molecule has 0 fully saturated rings. The molecule has 2 aromatic heterocycles. The van der Waals surface area contributed by atoms with Crippen LogP contribution in [0.4, 0.5) is 20.2 Å². The number of nitrogens with zero attached hydrogens (tertiary/aromatic N) is 5. The minimum absolute atomic E-state index is 0.367. The van der Waals surface area contributed by atoms with E-state index < -0.39 is 17.1 Å². The number of halogens is 2. The van der Waals surface area contributed by atoms with Crippen LogP contribution in [0.1, 0.15) is 54.9 Å². The number of aryl methyl sites for hydroxylation is 1. The van der Waals surface area contributed by atoms with E-state index in [1.165, 1.54) is 0 Å². The van der Waals surface area contributed by atoms with Gasteiger partial charge in [-0.2, -0.15) is 5.10 Å². The minimum atomic E-state index is -2.76. The fourth-order valence-electron chi connectivity index (χ4n) is 4.48. The van der Waals surface area contributed by atoms with E-state index in [-0.39, 0.29) is 6.54 Å². The number of fused-ring (bicyclic) bond motifs is 1. The molecule has 0 atom stereocenters. The van der Waals surface area contributed by atoms with Crippen molar-refractivity contribution in [1.82, 2.24) is 25.1 Å². The Morgan fingerprint density at radius 1 is 0.857 bits per heavy atom. The molecule has 42 heavy (non-hydrogen) atoms. The molecule has 0 radical (unpaired) electrons. The summed E-state index contributed by atoms with van der Waals surface area (Å²) in [5, 5.41) is 7.12. The van der Waals surface area contributed by atoms with Gasteiger partial charge in [-0.3, -0.25) is 9.67 Å². The van der Waals surface area contributed by atoms with Crippen LogP contribution in [0.3, 0.4) is 0 Å². The third-order valence-electron chi connectivity index (χ3n) is 6.03. The maximum atomic E-state index is 13.4. The topological polar surface area (TPSA) is 77.3 Å². The second kappa shape index (κ2) is 12.2. The van der Waals surface area contributed by atoms with Gasteiger partial charge in [0.2, 0.25) is 0 Å². The molecule has 10 heteroatoms. The second-order valence-corrected chi connectivity index (χ2v) is 12.7. The van der Waals surface area contributed by atoms with Gasteiger partial charge >= 0.3 is 0 Å². The van der Waals surface area contributed by atoms with Gasteiger partial charge < -0.3 is 19.7 Å². The van der Waals surface area contributed by atoms with E-state index in [1.54, 1.807) is 17.1 Å². The lowest BCUT2D eigenvalue weighted by Crippen LogP contribution is -2.32. The molecule has 8 nitrogen and oxygen atoms in total. The van der Waals surface area contributed by atoms with Crippen molar-refractivity contribution < 1.29 is 18.3 Å². The second-order valence-electron chi connectivity index (χ2n) is 12.7. The van der Waals surface area contributed by atoms with Crippen molar-refractivity contribution in [1.29, 1.82) is 0 Å². The molecular formula is C32H42F2N6O2. The van der Waals surface area contributed by atoms with Gasteiger partial charge in [0.05, 0.1) is 35.7 Å². The Bertz CT molecular complexity index is 1470. The molecule has 2 heterocycles. The van der Waals surface area contributed by atoms with Gasteiger partial charge in [0.1, 0.15) is 22.7 Å². The summed E-state index contributed by atoms with van der Waals surface area (Å²) >= 11 is 0. The van der Waals surface area contributed by atoms with Crippen LogP contribution < -0.4 is 19.7 Å². The molecule has 0 aliphatic heterocycles. The molecule has 0 spiro atoms. The average molecular weight is 581 g/mol. The third kappa shape index (κ3) is 9.11. The summed E-state index contributed by atoms with van der Waals surface area (Å²) in [6.07, 6.45) is 6.03. The van der Waals surface area contributed by atoms with Crippen LogP contribution >= 0.6 is 0 Å². The lowest BCUT2D eigenvalue weighted by molar-refractivity contribution is 0.0229. The standard InChI is InChI=1S/C32H42F2N6O2/c1-30(2,3)41-25-14-24(15-26(17-25)42-31(4,5)6)40(13-9-12-35-21-32(7,33)34)23-10-11-27-28(16-23)38-29(19-36-27)22-18-37-39(8)20-22/h10-11,14-20,35H,9,12-13,21H2,1-8H3. The van der Waals surface area contributed by atoms with E-state index in [0.29, 0.717) is 31.0 Å². The van der Waals surface area contributed by atoms with Crippen molar-refractivity contribution in [2.45, 2.75) is 72.0 Å². The molecule has 0 aliphatic rings. The van der Waals surface area contributed by atoms with Crippen molar-refractivity contribution in [3.63, 3.8) is 0 Å². The Hall–Kier alpha value is -3.79. The van der Waals surface area contributed by atoms with Crippen molar-refractivity contribution >= 4 is 22.4 Å². The normalized spacial score (nSPS) is 12.5. The molecule has 0 saturated carbocycles. The van der Waals surface area contributed by atoms with Gasteiger partial charge in [-0.25, -0.2) is 13.8 Å². The van der Waals surface area contributed by atoms with Gasteiger partial charge in [0, 0.05) is 61.9 Å². The van der Waals surface area contributed by atoms with Gasteiger partial charge in [0.25, 0.3) is 5.92 Å². The van der Waals surface area contributed by atoms with Crippen LogP contribution in [0.5, 0.6) is 11.5 Å². The quantitative estimate of drug-likeness (QED) is 0.189. The number of alkyl halides is 2. The van der Waals surface area contributed by atoms with Crippen molar-refractivity contribution in [3.05, 3.63) is 55.0 Å². The summed E-state index contributed by atoms with van der Waals surface area (Å²) < 4.78 is 41.0. The number of hydrogen-bond acceptors (Lipinski definition) is 7. The molecule has 1 N–H and O–H groups in total. The summed E-state index contributed by atoms with van der Waals surface area (Å²) in [4.78, 5) is 11.6. The van der Waals surface area contributed by atoms with Crippen molar-refractivity contribution in [2.75, 3.05) is 24.5 Å². The molecular weight excluding hydrogens is 538 g/mol. The molecule has 2 aromatic carbocycles. The maximum absolute atomic E-state index is 13.4. The predicted octanol–water partition coefficient (Wildman–Crippen LogP) is 7.16. The molecule has 226 valence electrons. The number of rotatable bonds is 11. The smallest absolute Gasteiger partial charge is 0.257 e. The molecule has 0 unspecified atom stereocenters. The molecule has 4 rings (SSSR count). The Balaban J connectivity index is 1.75. The van der Waals surface area contributed by atoms with Crippen molar-refractivity contribution in [2.24, 2.45) is 7.05 Å². The van der Waals surface area contributed by atoms with Crippen LogP contribution in [0.25, 0.3) is 22.3 Å². The summed E-state index contributed by atoms with van der Waals surface area (Å²) in [7, 11) is 1.86. The molecule has 4 aromatic rings. The number of hydrogen-bond donors (Lipinski definition) is 1. The number of anilines is 2. The maximum Gasteiger partial charge on any atom is 0.257 e. The van der Waals surface area contributed by atoms with E-state index in [2.05, 4.69) is 20.3 Å². The predicted molar refractivity (Wildman–Crippen MR) is 164 cm³/mol. The fraction of sp³-hybridized carbons (Fsp3) is 0.469. The highest BCUT2D eigenvalue weighted by molar-refractivity contribution is 5.82. The highest BCUT2D eigenvalue weighted by Crippen LogP contribution is 2.36. The molecule has 0 bridgehead atoms. The van der Waals surface area contributed by atoms with Gasteiger partial charge in [-0.1, -0.05) is 0 Å². The number of nitrogens with one attached hydrogen (secondary N) is 1. The first-order valence-corrected chi connectivity index (χ1v) is 14.2. The Morgan fingerprint density at radius 3 is 2.10 bits per heavy atom. The zero-order chi connectivity index (χ0) is 30.7. The highest BCUT2D eigenvalue weighted by Gasteiger charge is 2.21. The summed E-state index contributed by atoms with van der Waals surface area (Å²) in [6, 6.07) is 11.8. The van der Waals surface area contributed by atoms with Crippen molar-refractivity contribution in [3.8, 4) is 22.8 Å². The van der Waals surface area contributed by atoms with Crippen LogP contribution in [0.15, 0.2) is 55.0 Å². The first-order valence-electron chi connectivity index (χ1n) is 14.2. The van der Waals surface area contributed by atoms with Gasteiger partial charge in [-0.15, -0.1) is 0 Å². The van der Waals surface area contributed by atoms with E-state index in [4.69, 9.17) is 14.5 Å². The third-order valence-corrected chi connectivity index (χ3v) is 6.03. The SMILES string of the molecule is Cn1cc(-c2cnc3ccc(N(CCCNCC(C)(F)F)c4cc(OC(C)(C)C)cc(OC(C)(C)C)c4)cc3n2)cn1. The Morgan fingerprint density at radius 2 is 1.52 bits per heavy atom. The van der Waals surface area contributed by atoms with Crippen LogP contribution in [0, 0.1) is 0 Å². The van der Waals surface area contributed by atoms with Gasteiger partial charge in [-0.05, 0) is 72.7 Å². The summed E-state index contributed by atoms with van der Waals surface area (Å²) in [5.41, 5.74) is 4.01. The summed E-state index contributed by atoms with van der Waals surface area (Å²) in [5.74, 6) is -1.42. The lowest BCUT2D eigenvalue weighted by atomic mass is 10.1. The Labute approximate surface area is 247 Å². The van der Waals surface area contributed by atoms with Crippen LogP contribution in [-0.4, -0.2) is 56.5 Å². The Kier molecular flexibility index (Phi) is 9.06. The summed E-state index contributed by atoms with van der Waals surface area (Å²) in [6.45, 7) is 13.5. The largest absolute Gasteiger partial charge is 0.488 e. The molecule has 0 amide bonds. The lowest BCUT2D eigenvalue weighted by Gasteiger charge is -2.29. The number of ether oxygens (including phenoxy) is 2. The first-order chi connectivity index (χ1) is 19.5. The van der Waals surface area contributed by atoms with E-state index in [1.807, 2.05) is 91.2 Å². The zero-order valence-corrected chi connectivity index (χ0v) is 25.8. The van der Waals surface area contributed by atoms with E-state index in [9.17, 15) is 8.78 Å². The van der Waals surface area contributed by atoms with Crippen LogP contribution in [0.2, 0.25) is 0 Å². The monoisotopic (exact) mass is 580 g/mol. The minimum Gasteiger partial charge on any atom is -0.488 e.